The Kier molecular flexibility index (Phi) is 5.82. The van der Waals surface area contributed by atoms with Crippen LogP contribution in [0.3, 0.4) is 0 Å². The maximum atomic E-state index is 13.4. The molecule has 1 fully saturated rings. The molecule has 5 aromatic rings. The molecule has 7 rings (SSSR count). The van der Waals surface area contributed by atoms with Crippen molar-refractivity contribution in [1.82, 2.24) is 19.9 Å². The van der Waals surface area contributed by atoms with Crippen molar-refractivity contribution < 1.29 is 9.90 Å². The number of nitrogens with zero attached hydrogens (tertiary/aromatic N) is 3. The number of rotatable bonds is 5. The second kappa shape index (κ2) is 9.54. The number of carbonyl (C=O) groups excluding carboxylic acids is 1. The number of benzene rings is 3. The van der Waals surface area contributed by atoms with E-state index in [0.29, 0.717) is 29.9 Å². The summed E-state index contributed by atoms with van der Waals surface area (Å²) in [6.07, 6.45) is 2.79. The van der Waals surface area contributed by atoms with Crippen molar-refractivity contribution in [2.45, 2.75) is 37.3 Å². The second-order valence-corrected chi connectivity index (χ2v) is 10.7. The molecule has 7 heteroatoms. The number of hydrogen-bond donors (Lipinski definition) is 2. The molecule has 0 saturated heterocycles. The first kappa shape index (κ1) is 24.4. The Labute approximate surface area is 231 Å². The number of pyridine rings is 1. The van der Waals surface area contributed by atoms with Gasteiger partial charge in [0, 0.05) is 24.5 Å². The number of amides is 1. The van der Waals surface area contributed by atoms with E-state index < -0.39 is 12.0 Å². The minimum Gasteiger partial charge on any atom is -0.378 e. The number of para-hydroxylation sites is 1. The summed E-state index contributed by atoms with van der Waals surface area (Å²) in [6.45, 7) is 0.521. The molecule has 1 aliphatic heterocycles. The normalized spacial score (nSPS) is 16.4. The first-order chi connectivity index (χ1) is 19.5. The standard InChI is InChI=1S/C33H28N4O3/c38-29(22-8-6-7-21(19-22)24-13-17-34-27-12-5-4-11-25(24)27)31(40)37-18-14-28-26(20-37)30(39)36-32(35-28)33(15-16-33)23-9-2-1-3-10-23/h1-13,17,19,29,38H,14-16,18,20H2,(H,35,36,39)/t29-/m1/s1. The van der Waals surface area contributed by atoms with Gasteiger partial charge in [-0.1, -0.05) is 66.7 Å². The molecule has 3 heterocycles. The Morgan fingerprint density at radius 1 is 0.975 bits per heavy atom. The van der Waals surface area contributed by atoms with E-state index in [1.54, 1.807) is 17.2 Å². The molecule has 0 radical (unpaired) electrons. The topological polar surface area (TPSA) is 99.2 Å². The Morgan fingerprint density at radius 2 is 1.77 bits per heavy atom. The number of aromatic amines is 1. The molecule has 1 aliphatic carbocycles. The zero-order valence-electron chi connectivity index (χ0n) is 21.9. The van der Waals surface area contributed by atoms with Gasteiger partial charge in [0.15, 0.2) is 6.10 Å². The third kappa shape index (κ3) is 4.10. The van der Waals surface area contributed by atoms with Crippen LogP contribution in [0.25, 0.3) is 22.0 Å². The monoisotopic (exact) mass is 528 g/mol. The molecule has 2 aromatic heterocycles. The van der Waals surface area contributed by atoms with Gasteiger partial charge in [-0.15, -0.1) is 0 Å². The molecule has 0 bridgehead atoms. The summed E-state index contributed by atoms with van der Waals surface area (Å²) in [6, 6.07) is 27.4. The van der Waals surface area contributed by atoms with Gasteiger partial charge in [0.05, 0.1) is 28.7 Å². The average molecular weight is 529 g/mol. The summed E-state index contributed by atoms with van der Waals surface area (Å²) >= 11 is 0. The lowest BCUT2D eigenvalue weighted by Gasteiger charge is -2.30. The molecule has 1 saturated carbocycles. The van der Waals surface area contributed by atoms with Crippen LogP contribution in [0, 0.1) is 0 Å². The zero-order valence-corrected chi connectivity index (χ0v) is 21.9. The Balaban J connectivity index is 1.13. The van der Waals surface area contributed by atoms with Crippen LogP contribution >= 0.6 is 0 Å². The van der Waals surface area contributed by atoms with E-state index in [1.807, 2.05) is 66.7 Å². The predicted octanol–water partition coefficient (Wildman–Crippen LogP) is 4.68. The van der Waals surface area contributed by atoms with Crippen LogP contribution in [-0.2, 0) is 23.2 Å². The van der Waals surface area contributed by atoms with Gasteiger partial charge in [0.2, 0.25) is 0 Å². The number of aliphatic hydroxyl groups is 1. The minimum atomic E-state index is -1.34. The molecule has 0 spiro atoms. The number of aromatic nitrogens is 3. The summed E-state index contributed by atoms with van der Waals surface area (Å²) in [4.78, 5) is 40.5. The van der Waals surface area contributed by atoms with Gasteiger partial charge < -0.3 is 15.0 Å². The largest absolute Gasteiger partial charge is 0.378 e. The maximum Gasteiger partial charge on any atom is 0.256 e. The highest BCUT2D eigenvalue weighted by atomic mass is 16.3. The van der Waals surface area contributed by atoms with Crippen molar-refractivity contribution in [2.75, 3.05) is 6.54 Å². The molecule has 1 atom stereocenters. The lowest BCUT2D eigenvalue weighted by atomic mass is 9.94. The van der Waals surface area contributed by atoms with Crippen LogP contribution < -0.4 is 5.56 Å². The summed E-state index contributed by atoms with van der Waals surface area (Å²) in [5, 5.41) is 12.1. The number of nitrogens with one attached hydrogen (secondary N) is 1. The van der Waals surface area contributed by atoms with Crippen LogP contribution in [0.15, 0.2) is 95.9 Å². The summed E-state index contributed by atoms with van der Waals surface area (Å²) in [7, 11) is 0. The van der Waals surface area contributed by atoms with E-state index in [-0.39, 0.29) is 17.5 Å². The molecule has 2 aliphatic rings. The number of H-pyrrole nitrogens is 1. The molecule has 40 heavy (non-hydrogen) atoms. The SMILES string of the molecule is O=C([C@H](O)c1cccc(-c2ccnc3ccccc23)c1)N1CCc2nc(C3(c4ccccc4)CC3)[nH]c(=O)c2C1. The minimum absolute atomic E-state index is 0.126. The lowest BCUT2D eigenvalue weighted by molar-refractivity contribution is -0.141. The van der Waals surface area contributed by atoms with Crippen molar-refractivity contribution >= 4 is 16.8 Å². The van der Waals surface area contributed by atoms with E-state index >= 15 is 0 Å². The lowest BCUT2D eigenvalue weighted by Crippen LogP contribution is -2.42. The number of hydrogen-bond acceptors (Lipinski definition) is 5. The van der Waals surface area contributed by atoms with Crippen LogP contribution in [0.5, 0.6) is 0 Å². The maximum absolute atomic E-state index is 13.4. The highest BCUT2D eigenvalue weighted by Crippen LogP contribution is 2.52. The van der Waals surface area contributed by atoms with Crippen LogP contribution in [-0.4, -0.2) is 37.4 Å². The highest BCUT2D eigenvalue weighted by molar-refractivity contribution is 5.94. The summed E-state index contributed by atoms with van der Waals surface area (Å²) < 4.78 is 0. The van der Waals surface area contributed by atoms with Gasteiger partial charge in [-0.25, -0.2) is 4.98 Å². The molecular weight excluding hydrogens is 500 g/mol. The number of carbonyl (C=O) groups is 1. The molecule has 7 nitrogen and oxygen atoms in total. The quantitative estimate of drug-likeness (QED) is 0.345. The first-order valence-electron chi connectivity index (χ1n) is 13.6. The van der Waals surface area contributed by atoms with Gasteiger partial charge in [0.1, 0.15) is 5.82 Å². The molecular formula is C33H28N4O3. The highest BCUT2D eigenvalue weighted by Gasteiger charge is 2.48. The summed E-state index contributed by atoms with van der Waals surface area (Å²) in [5.41, 5.74) is 5.23. The van der Waals surface area contributed by atoms with E-state index in [2.05, 4.69) is 22.1 Å². The van der Waals surface area contributed by atoms with Crippen molar-refractivity contribution in [3.63, 3.8) is 0 Å². The van der Waals surface area contributed by atoms with Crippen LogP contribution in [0.1, 0.15) is 47.2 Å². The van der Waals surface area contributed by atoms with Crippen LogP contribution in [0.4, 0.5) is 0 Å². The van der Waals surface area contributed by atoms with E-state index in [0.717, 1.165) is 46.1 Å². The van der Waals surface area contributed by atoms with Crippen molar-refractivity contribution in [3.8, 4) is 11.1 Å². The van der Waals surface area contributed by atoms with Gasteiger partial charge in [0.25, 0.3) is 11.5 Å². The molecule has 1 amide bonds. The van der Waals surface area contributed by atoms with Gasteiger partial charge >= 0.3 is 0 Å². The second-order valence-electron chi connectivity index (χ2n) is 10.7. The van der Waals surface area contributed by atoms with E-state index in [4.69, 9.17) is 4.98 Å². The third-order valence-corrected chi connectivity index (χ3v) is 8.31. The molecule has 0 unspecified atom stereocenters. The Hall–Kier alpha value is -4.62. The van der Waals surface area contributed by atoms with Gasteiger partial charge in [-0.05, 0) is 53.3 Å². The van der Waals surface area contributed by atoms with Crippen molar-refractivity contribution in [2.24, 2.45) is 0 Å². The summed E-state index contributed by atoms with van der Waals surface area (Å²) in [5.74, 6) is 0.288. The smallest absolute Gasteiger partial charge is 0.256 e. The molecule has 2 N–H and O–H groups in total. The number of fused-ring (bicyclic) bond motifs is 2. The molecule has 3 aromatic carbocycles. The Bertz CT molecular complexity index is 1810. The zero-order chi connectivity index (χ0) is 27.3. The fourth-order valence-corrected chi connectivity index (χ4v) is 5.92. The average Bonchev–Trinajstić information content (AvgIpc) is 3.83. The first-order valence-corrected chi connectivity index (χ1v) is 13.6. The van der Waals surface area contributed by atoms with Crippen LogP contribution in [0.2, 0.25) is 0 Å². The Morgan fingerprint density at radius 3 is 2.60 bits per heavy atom. The van der Waals surface area contributed by atoms with E-state index in [1.165, 1.54) is 0 Å². The van der Waals surface area contributed by atoms with E-state index in [9.17, 15) is 14.7 Å². The van der Waals surface area contributed by atoms with Gasteiger partial charge in [-0.2, -0.15) is 0 Å². The van der Waals surface area contributed by atoms with Crippen molar-refractivity contribution in [1.29, 1.82) is 0 Å². The molecule has 198 valence electrons. The van der Waals surface area contributed by atoms with Gasteiger partial charge in [-0.3, -0.25) is 14.6 Å². The van der Waals surface area contributed by atoms with Crippen molar-refractivity contribution in [3.05, 3.63) is 130 Å². The number of aliphatic hydroxyl groups excluding tert-OH is 1. The fourth-order valence-electron chi connectivity index (χ4n) is 5.92. The fraction of sp³-hybridized carbons (Fsp3) is 0.212. The third-order valence-electron chi connectivity index (χ3n) is 8.31. The predicted molar refractivity (Wildman–Crippen MR) is 153 cm³/mol.